The van der Waals surface area contributed by atoms with Crippen LogP contribution in [0.2, 0.25) is 15.2 Å². The predicted molar refractivity (Wildman–Crippen MR) is 423 cm³/mol. The number of pyridine rings is 3. The quantitative estimate of drug-likeness (QED) is 0.0308. The zero-order chi connectivity index (χ0) is 82.8. The number of rotatable bonds is 13. The van der Waals surface area contributed by atoms with Crippen LogP contribution in [0.25, 0.3) is 11.1 Å². The molecule has 5 atom stereocenters. The first-order valence-corrected chi connectivity index (χ1v) is 38.6. The van der Waals surface area contributed by atoms with Crippen molar-refractivity contribution in [3.63, 3.8) is 0 Å². The second-order valence-electron chi connectivity index (χ2n) is 28.6. The van der Waals surface area contributed by atoms with Crippen LogP contribution in [0.15, 0.2) is 72.8 Å². The molecule has 10 heterocycles. The number of piperidine rings is 3. The number of nitrogens with zero attached hydrogens (tertiary/aromatic N) is 8. The standard InChI is InChI=1S/C24H28F3N5O3.C20H28BF3N2O3.C10H12ClN3O2.C9H10Cl2N2O.C5H9NO2.2C4H10O/c1-14-2-3-17(29-23(35)31-7-6-15(12-31)11-24(25,26)27)10-19(14)16-8-20(28)30-21(9-16)32-13-18(33)4-5-22(32)34;1-13-6-7-15(10-16(13)21-28-18(2,3)19(4,5)29-21)25-17(27)26-9-8-14(12-26)11-20(22,23)24;11-6-3-8(12)13-9(4-6)14-5-7(15)1-2-10(14)16;10-7-5-8(11)12-9(6-7)13-1-3-14-4-2-13;7-4-1-2-5(8)6-3-4;2*1-3-5-4-2/h2-3,8-10,15,18,33H,4-7,11-13H2,1H3,(H2,28,30)(H,29,35);6-7,10,14H,8-9,11-12H2,1-5H3,(H,25,27);3-4,7,15H,1-2,5H2,(H2,12,13);5-6H,1-4H2;4,7H,1-3H2,(H,6,8);2*3-4H2,1-2H3/t15-,18?;14-;;;;;/m00...../s1. The number of nitrogen functional groups attached to an aromatic ring is 2. The summed E-state index contributed by atoms with van der Waals surface area (Å²) in [6.07, 6.45) is -8.47. The second-order valence-corrected chi connectivity index (χ2v) is 29.9. The Labute approximate surface area is 666 Å². The normalized spacial score (nSPS) is 20.7. The number of aliphatic hydroxyl groups is 3. The maximum absolute atomic E-state index is 12.7. The maximum atomic E-state index is 12.7. The monoisotopic (exact) mass is 1640 g/mol. The predicted octanol–water partition coefficient (Wildman–Crippen LogP) is 12.4. The number of carbonyl (C=O) groups excluding carboxylic acids is 5. The van der Waals surface area contributed by atoms with Gasteiger partial charge in [-0.3, -0.25) is 24.2 Å². The Kier molecular flexibility index (Phi) is 36.5. The van der Waals surface area contributed by atoms with Crippen molar-refractivity contribution in [2.75, 3.05) is 135 Å². The minimum absolute atomic E-state index is 0.0512. The summed E-state index contributed by atoms with van der Waals surface area (Å²) in [5, 5.41) is 37.9. The van der Waals surface area contributed by atoms with Crippen molar-refractivity contribution >= 4 is 118 Å². The number of ether oxygens (including phenoxy) is 3. The Morgan fingerprint density at radius 2 is 1.04 bits per heavy atom. The summed E-state index contributed by atoms with van der Waals surface area (Å²) in [6.45, 7) is 27.7. The number of amides is 7. The van der Waals surface area contributed by atoms with Crippen molar-refractivity contribution in [3.8, 4) is 11.1 Å². The molecule has 0 spiro atoms. The van der Waals surface area contributed by atoms with E-state index >= 15 is 0 Å². The number of aromatic nitrogens is 3. The van der Waals surface area contributed by atoms with Gasteiger partial charge in [0.05, 0.1) is 55.8 Å². The van der Waals surface area contributed by atoms with Gasteiger partial charge in [0.2, 0.25) is 17.7 Å². The highest BCUT2D eigenvalue weighted by atomic mass is 35.5. The first-order valence-electron chi connectivity index (χ1n) is 37.4. The topological polar surface area (TPSA) is 335 Å². The Morgan fingerprint density at radius 1 is 0.589 bits per heavy atom. The number of nitrogens with two attached hydrogens (primary N) is 2. The third-order valence-electron chi connectivity index (χ3n) is 19.1. The van der Waals surface area contributed by atoms with Crippen LogP contribution >= 0.6 is 34.8 Å². The molecule has 2 aromatic carbocycles. The van der Waals surface area contributed by atoms with Crippen molar-refractivity contribution in [1.82, 2.24) is 30.1 Å². The number of likely N-dealkylation sites (tertiary alicyclic amines) is 2. The minimum Gasteiger partial charge on any atom is -0.399 e. The number of morpholine rings is 1. The summed E-state index contributed by atoms with van der Waals surface area (Å²) >= 11 is 17.5. The summed E-state index contributed by atoms with van der Waals surface area (Å²) in [7, 11) is -0.556. The molecule has 36 heteroatoms. The molecule has 3 unspecified atom stereocenters. The van der Waals surface area contributed by atoms with Gasteiger partial charge in [-0.25, -0.2) is 24.5 Å². The van der Waals surface area contributed by atoms with E-state index in [9.17, 15) is 60.5 Å². The number of hydrogen-bond donors (Lipinski definition) is 8. The van der Waals surface area contributed by atoms with Crippen LogP contribution in [0.1, 0.15) is 131 Å². The lowest BCUT2D eigenvalue weighted by molar-refractivity contribution is -0.144. The molecule has 0 aliphatic carbocycles. The number of benzene rings is 2. The van der Waals surface area contributed by atoms with Gasteiger partial charge in [0.15, 0.2) is 0 Å². The molecule has 620 valence electrons. The van der Waals surface area contributed by atoms with Gasteiger partial charge in [-0.2, -0.15) is 26.3 Å². The number of carbonyl (C=O) groups is 5. The first kappa shape index (κ1) is 93.3. The summed E-state index contributed by atoms with van der Waals surface area (Å²) in [6, 6.07) is 19.8. The van der Waals surface area contributed by atoms with Crippen LogP contribution in [0, 0.1) is 25.7 Å². The highest BCUT2D eigenvalue weighted by Crippen LogP contribution is 2.39. The zero-order valence-electron chi connectivity index (χ0n) is 65.1. The molecule has 26 nitrogen and oxygen atoms in total. The molecular formula is C76H107BCl3F6N13O13. The molecule has 5 aromatic rings. The van der Waals surface area contributed by atoms with E-state index in [2.05, 4.69) is 35.8 Å². The maximum Gasteiger partial charge on any atom is 0.495 e. The lowest BCUT2D eigenvalue weighted by Crippen LogP contribution is -2.43. The summed E-state index contributed by atoms with van der Waals surface area (Å²) in [5.41, 5.74) is 15.8. The molecule has 7 saturated heterocycles. The van der Waals surface area contributed by atoms with Gasteiger partial charge in [-0.15, -0.1) is 0 Å². The fourth-order valence-electron chi connectivity index (χ4n) is 12.5. The zero-order valence-corrected chi connectivity index (χ0v) is 67.4. The molecule has 12 rings (SSSR count). The van der Waals surface area contributed by atoms with E-state index in [1.807, 2.05) is 87.4 Å². The number of aryl methyl sites for hydroxylation is 2. The number of hydrogen-bond acceptors (Lipinski definition) is 19. The molecule has 7 aliphatic heterocycles. The lowest BCUT2D eigenvalue weighted by Gasteiger charge is -2.32. The molecule has 7 aliphatic rings. The molecule has 3 aromatic heterocycles. The SMILES string of the molecule is CCOCC.CCOCC.Cc1ccc(NC(=O)N2CC[C@@H](CC(F)(F)F)C2)cc1-c1cc(N)nc(N2CC(O)CCC2=O)c1.Cc1ccc(NC(=O)N2CC[C@@H](CC(F)(F)F)C2)cc1B1OC(C)(C)C(C)(C)O1.Clc1cc(Cl)nc(N2CCOCC2)c1.Nc1cc(Cl)cc(N2CC(O)CCC2=O)n1.O=C1CCC(O)CN1. The Balaban J connectivity index is 0.000000225. The third kappa shape index (κ3) is 30.7. The van der Waals surface area contributed by atoms with Gasteiger partial charge in [0.25, 0.3) is 0 Å². The summed E-state index contributed by atoms with van der Waals surface area (Å²) < 4.78 is 103. The molecule has 112 heavy (non-hydrogen) atoms. The van der Waals surface area contributed by atoms with Gasteiger partial charge >= 0.3 is 31.5 Å². The van der Waals surface area contributed by atoms with Crippen molar-refractivity contribution in [3.05, 3.63) is 99.1 Å². The van der Waals surface area contributed by atoms with Gasteiger partial charge in [0, 0.05) is 126 Å². The van der Waals surface area contributed by atoms with Crippen molar-refractivity contribution in [2.24, 2.45) is 11.8 Å². The highest BCUT2D eigenvalue weighted by molar-refractivity contribution is 6.62. The first-order chi connectivity index (χ1) is 52.7. The van der Waals surface area contributed by atoms with Crippen molar-refractivity contribution in [2.45, 2.75) is 175 Å². The van der Waals surface area contributed by atoms with Crippen LogP contribution in [-0.4, -0.2) is 217 Å². The second kappa shape index (κ2) is 43.8. The van der Waals surface area contributed by atoms with Crippen LogP contribution in [0.4, 0.5) is 76.4 Å². The van der Waals surface area contributed by atoms with E-state index in [4.69, 9.17) is 74.9 Å². The average molecular weight is 1640 g/mol. The van der Waals surface area contributed by atoms with Crippen molar-refractivity contribution in [1.29, 1.82) is 0 Å². The molecule has 0 bridgehead atoms. The van der Waals surface area contributed by atoms with Gasteiger partial charge in [0.1, 0.15) is 34.2 Å². The Morgan fingerprint density at radius 3 is 1.49 bits per heavy atom. The van der Waals surface area contributed by atoms with Gasteiger partial charge in [-0.05, 0) is 196 Å². The smallest absolute Gasteiger partial charge is 0.399 e. The fourth-order valence-corrected chi connectivity index (χ4v) is 13.2. The largest absolute Gasteiger partial charge is 0.495 e. The van der Waals surface area contributed by atoms with E-state index in [1.165, 1.54) is 25.7 Å². The number of aliphatic hydroxyl groups excluding tert-OH is 3. The summed E-state index contributed by atoms with van der Waals surface area (Å²) in [4.78, 5) is 79.9. The van der Waals surface area contributed by atoms with E-state index in [1.54, 1.807) is 48.5 Å². The molecule has 10 N–H and O–H groups in total. The van der Waals surface area contributed by atoms with Gasteiger partial charge < -0.3 is 81.0 Å². The average Bonchev–Trinajstić information content (AvgIpc) is 1.60. The fraction of sp³-hybridized carbons (Fsp3) is 0.579. The van der Waals surface area contributed by atoms with E-state index in [-0.39, 0.29) is 74.6 Å². The van der Waals surface area contributed by atoms with E-state index in [0.29, 0.717) is 102 Å². The highest BCUT2D eigenvalue weighted by Gasteiger charge is 2.52. The Hall–Kier alpha value is -7.57. The lowest BCUT2D eigenvalue weighted by atomic mass is 9.76. The number of halogens is 9. The molecule has 7 fully saturated rings. The number of β-amino-alcohol motifs (C(OH)–C–C–N with tert-alkyl or cyclic N) is 3. The number of nitrogens with one attached hydrogen (secondary N) is 3. The van der Waals surface area contributed by atoms with E-state index in [0.717, 1.165) is 80.7 Å². The van der Waals surface area contributed by atoms with Gasteiger partial charge in [-0.1, -0.05) is 52.5 Å². The molecule has 0 radical (unpaired) electrons. The third-order valence-corrected chi connectivity index (χ3v) is 19.7. The number of anilines is 7. The summed E-state index contributed by atoms with van der Waals surface area (Å²) in [5.74, 6) is 0.719. The number of alkyl halides is 6. The van der Waals surface area contributed by atoms with Crippen LogP contribution in [0.3, 0.4) is 0 Å². The van der Waals surface area contributed by atoms with E-state index < -0.39 is 79.6 Å². The molecule has 7 amide bonds. The van der Waals surface area contributed by atoms with Crippen LogP contribution < -0.4 is 47.6 Å². The molecule has 0 saturated carbocycles. The molecular weight excluding hydrogens is 1530 g/mol. The van der Waals surface area contributed by atoms with Crippen molar-refractivity contribution < 1.29 is 89.2 Å². The van der Waals surface area contributed by atoms with Crippen LogP contribution in [-0.2, 0) is 37.9 Å². The minimum atomic E-state index is -4.24. The Bertz CT molecular complexity index is 3820. The number of urea groups is 2. The van der Waals surface area contributed by atoms with Crippen LogP contribution in [0.5, 0.6) is 0 Å².